The van der Waals surface area contributed by atoms with E-state index in [9.17, 15) is 4.39 Å². The van der Waals surface area contributed by atoms with Gasteiger partial charge in [0.2, 0.25) is 0 Å². The second-order valence-electron chi connectivity index (χ2n) is 5.10. The maximum atomic E-state index is 13.2. The number of thiophene rings is 1. The lowest BCUT2D eigenvalue weighted by atomic mass is 10.1. The quantitative estimate of drug-likeness (QED) is 0.504. The van der Waals surface area contributed by atoms with E-state index in [0.29, 0.717) is 6.04 Å². The Morgan fingerprint density at radius 1 is 1.30 bits per heavy atom. The average Bonchev–Trinajstić information content (AvgIpc) is 2.85. The van der Waals surface area contributed by atoms with Gasteiger partial charge in [-0.05, 0) is 49.9 Å². The molecule has 0 spiro atoms. The third-order valence-electron chi connectivity index (χ3n) is 3.59. The van der Waals surface area contributed by atoms with Crippen LogP contribution in [0.3, 0.4) is 0 Å². The third-order valence-corrected chi connectivity index (χ3v) is 4.81. The fourth-order valence-electron chi connectivity index (χ4n) is 2.44. The summed E-state index contributed by atoms with van der Waals surface area (Å²) in [5.74, 6) is -0.156. The van der Waals surface area contributed by atoms with Crippen molar-refractivity contribution in [1.29, 1.82) is 0 Å². The van der Waals surface area contributed by atoms with Gasteiger partial charge in [-0.25, -0.2) is 4.39 Å². The Labute approximate surface area is 124 Å². The Balaban J connectivity index is 1.99. The molecule has 0 bridgehead atoms. The molecule has 1 aromatic carbocycles. The van der Waals surface area contributed by atoms with E-state index in [1.165, 1.54) is 30.2 Å². The molecule has 0 radical (unpaired) electrons. The monoisotopic (exact) mass is 291 g/mol. The number of rotatable bonds is 8. The normalized spacial score (nSPS) is 12.7. The van der Waals surface area contributed by atoms with E-state index >= 15 is 0 Å². The fraction of sp³-hybridized carbons (Fsp3) is 0.412. The van der Waals surface area contributed by atoms with Crippen LogP contribution in [0.5, 0.6) is 0 Å². The van der Waals surface area contributed by atoms with Crippen LogP contribution in [0.25, 0.3) is 10.1 Å². The van der Waals surface area contributed by atoms with Crippen LogP contribution < -0.4 is 5.32 Å². The van der Waals surface area contributed by atoms with Gasteiger partial charge >= 0.3 is 0 Å². The van der Waals surface area contributed by atoms with Crippen molar-refractivity contribution < 1.29 is 4.39 Å². The highest BCUT2D eigenvalue weighted by Crippen LogP contribution is 2.32. The fourth-order valence-corrected chi connectivity index (χ4v) is 3.67. The van der Waals surface area contributed by atoms with E-state index in [-0.39, 0.29) is 5.82 Å². The summed E-state index contributed by atoms with van der Waals surface area (Å²) < 4.78 is 14.3. The van der Waals surface area contributed by atoms with Gasteiger partial charge in [-0.1, -0.05) is 25.0 Å². The summed E-state index contributed by atoms with van der Waals surface area (Å²) in [6.45, 7) is 3.75. The molecule has 0 saturated carbocycles. The van der Waals surface area contributed by atoms with Crippen molar-refractivity contribution in [3.8, 4) is 0 Å². The lowest BCUT2D eigenvalue weighted by Gasteiger charge is -2.13. The van der Waals surface area contributed by atoms with Gasteiger partial charge in [0.1, 0.15) is 5.82 Å². The molecule has 0 aliphatic rings. The molecule has 1 nitrogen and oxygen atoms in total. The van der Waals surface area contributed by atoms with Gasteiger partial charge < -0.3 is 5.32 Å². The minimum Gasteiger partial charge on any atom is -0.312 e. The molecule has 1 atom stereocenters. The topological polar surface area (TPSA) is 12.0 Å². The zero-order valence-corrected chi connectivity index (χ0v) is 12.8. The average molecular weight is 291 g/mol. The molecule has 2 rings (SSSR count). The van der Waals surface area contributed by atoms with Gasteiger partial charge in [-0.15, -0.1) is 17.9 Å². The van der Waals surface area contributed by atoms with Crippen molar-refractivity contribution in [2.24, 2.45) is 0 Å². The van der Waals surface area contributed by atoms with Crippen molar-refractivity contribution in [3.05, 3.63) is 47.6 Å². The van der Waals surface area contributed by atoms with Gasteiger partial charge in [0.05, 0.1) is 0 Å². The van der Waals surface area contributed by atoms with Gasteiger partial charge in [0.15, 0.2) is 0 Å². The summed E-state index contributed by atoms with van der Waals surface area (Å²) in [6, 6.07) is 7.58. The van der Waals surface area contributed by atoms with Crippen LogP contribution in [0.2, 0.25) is 0 Å². The number of hydrogen-bond acceptors (Lipinski definition) is 2. The largest absolute Gasteiger partial charge is 0.312 e. The van der Waals surface area contributed by atoms with E-state index in [1.807, 2.05) is 19.2 Å². The number of nitrogens with one attached hydrogen (secondary N) is 1. The first kappa shape index (κ1) is 15.2. The Morgan fingerprint density at radius 3 is 2.90 bits per heavy atom. The Morgan fingerprint density at radius 2 is 2.15 bits per heavy atom. The first-order valence-electron chi connectivity index (χ1n) is 7.21. The van der Waals surface area contributed by atoms with Crippen LogP contribution in [0.1, 0.15) is 43.0 Å². The summed E-state index contributed by atoms with van der Waals surface area (Å²) in [6.07, 6.45) is 7.88. The zero-order chi connectivity index (χ0) is 14.4. The first-order valence-corrected chi connectivity index (χ1v) is 8.03. The minimum absolute atomic E-state index is 0.156. The first-order chi connectivity index (χ1) is 9.74. The molecule has 2 aromatic rings. The van der Waals surface area contributed by atoms with E-state index in [0.717, 1.165) is 22.9 Å². The van der Waals surface area contributed by atoms with Crippen LogP contribution in [0, 0.1) is 5.82 Å². The van der Waals surface area contributed by atoms with Crippen LogP contribution >= 0.6 is 11.3 Å². The lowest BCUT2D eigenvalue weighted by molar-refractivity contribution is 0.514. The lowest BCUT2D eigenvalue weighted by Crippen LogP contribution is -2.14. The summed E-state index contributed by atoms with van der Waals surface area (Å²) in [5.41, 5.74) is 0. The highest BCUT2D eigenvalue weighted by molar-refractivity contribution is 7.19. The maximum Gasteiger partial charge on any atom is 0.124 e. The molecule has 20 heavy (non-hydrogen) atoms. The summed E-state index contributed by atoms with van der Waals surface area (Å²) in [7, 11) is 2.00. The number of allylic oxidation sites excluding steroid dienone is 1. The zero-order valence-electron chi connectivity index (χ0n) is 12.0. The maximum absolute atomic E-state index is 13.2. The van der Waals surface area contributed by atoms with Crippen molar-refractivity contribution in [2.45, 2.75) is 38.1 Å². The molecular formula is C17H22FNS. The van der Waals surface area contributed by atoms with E-state index in [1.54, 1.807) is 17.4 Å². The number of halogens is 1. The molecule has 1 heterocycles. The van der Waals surface area contributed by atoms with Crippen LogP contribution in [-0.2, 0) is 0 Å². The molecule has 0 saturated heterocycles. The molecule has 0 amide bonds. The Hall–Kier alpha value is -1.19. The number of unbranched alkanes of at least 4 members (excludes halogenated alkanes) is 3. The molecule has 0 aliphatic carbocycles. The molecular weight excluding hydrogens is 269 g/mol. The van der Waals surface area contributed by atoms with Crippen LogP contribution in [0.4, 0.5) is 4.39 Å². The van der Waals surface area contributed by atoms with Gasteiger partial charge in [-0.2, -0.15) is 0 Å². The van der Waals surface area contributed by atoms with Crippen molar-refractivity contribution in [2.75, 3.05) is 7.05 Å². The van der Waals surface area contributed by atoms with Crippen LogP contribution in [-0.4, -0.2) is 7.05 Å². The molecule has 1 unspecified atom stereocenters. The predicted octanol–water partition coefficient (Wildman–Crippen LogP) is 5.44. The SMILES string of the molecule is C=CCCCCCC(NC)c1cc2ccc(F)cc2s1. The Bertz CT molecular complexity index is 561. The molecule has 0 aliphatic heterocycles. The molecule has 3 heteroatoms. The second kappa shape index (κ2) is 7.55. The molecule has 108 valence electrons. The highest BCUT2D eigenvalue weighted by atomic mass is 32.1. The number of hydrogen-bond donors (Lipinski definition) is 1. The standard InChI is InChI=1S/C17H22FNS/c1-3-4-5-6-7-8-15(19-2)17-11-13-9-10-14(18)12-16(13)20-17/h3,9-12,15,19H,1,4-8H2,2H3. The summed E-state index contributed by atoms with van der Waals surface area (Å²) in [4.78, 5) is 1.30. The minimum atomic E-state index is -0.156. The van der Waals surface area contributed by atoms with E-state index in [4.69, 9.17) is 0 Å². The molecule has 1 aromatic heterocycles. The highest BCUT2D eigenvalue weighted by Gasteiger charge is 2.12. The van der Waals surface area contributed by atoms with Crippen molar-refractivity contribution >= 4 is 21.4 Å². The predicted molar refractivity (Wildman–Crippen MR) is 86.9 cm³/mol. The summed E-state index contributed by atoms with van der Waals surface area (Å²) >= 11 is 1.69. The number of fused-ring (bicyclic) bond motifs is 1. The number of benzene rings is 1. The van der Waals surface area contributed by atoms with Crippen molar-refractivity contribution in [3.63, 3.8) is 0 Å². The summed E-state index contributed by atoms with van der Waals surface area (Å²) in [5, 5.41) is 4.52. The van der Waals surface area contributed by atoms with Gasteiger partial charge in [0, 0.05) is 15.6 Å². The molecule has 1 N–H and O–H groups in total. The Kier molecular flexibility index (Phi) is 5.74. The van der Waals surface area contributed by atoms with Gasteiger partial charge in [0.25, 0.3) is 0 Å². The molecule has 0 fully saturated rings. The van der Waals surface area contributed by atoms with E-state index in [2.05, 4.69) is 18.0 Å². The van der Waals surface area contributed by atoms with Gasteiger partial charge in [-0.3, -0.25) is 0 Å². The smallest absolute Gasteiger partial charge is 0.124 e. The van der Waals surface area contributed by atoms with Crippen LogP contribution in [0.15, 0.2) is 36.9 Å². The van der Waals surface area contributed by atoms with Crippen molar-refractivity contribution in [1.82, 2.24) is 5.32 Å². The second-order valence-corrected chi connectivity index (χ2v) is 6.21. The van der Waals surface area contributed by atoms with E-state index < -0.39 is 0 Å². The third kappa shape index (κ3) is 3.90.